The van der Waals surface area contributed by atoms with E-state index in [1.54, 1.807) is 6.07 Å². The number of nitrogens with zero attached hydrogens (tertiary/aromatic N) is 2. The number of alkyl halides is 2. The molecule has 3 aromatic rings. The lowest BCUT2D eigenvalue weighted by atomic mass is 10.1. The quantitative estimate of drug-likeness (QED) is 0.634. The topological polar surface area (TPSA) is 94.3 Å². The summed E-state index contributed by atoms with van der Waals surface area (Å²) >= 11 is 0. The number of nitrogens with one attached hydrogen (secondary N) is 1. The van der Waals surface area contributed by atoms with Crippen LogP contribution in [-0.4, -0.2) is 29.2 Å². The van der Waals surface area contributed by atoms with Gasteiger partial charge in [0.2, 0.25) is 6.04 Å². The molecule has 0 aliphatic rings. The molecule has 1 N–H and O–H groups in total. The number of methoxy groups -OCH3 is 1. The second-order valence-corrected chi connectivity index (χ2v) is 5.80. The van der Waals surface area contributed by atoms with Crippen molar-refractivity contribution < 1.29 is 31.9 Å². The Balaban J connectivity index is 1.90. The maximum atomic E-state index is 14.6. The highest BCUT2D eigenvalue weighted by atomic mass is 19.3. The van der Waals surface area contributed by atoms with Gasteiger partial charge in [0.05, 0.1) is 12.7 Å². The molecular formula is C19H14F3N3O4. The Morgan fingerprint density at radius 2 is 1.72 bits per heavy atom. The van der Waals surface area contributed by atoms with Crippen LogP contribution in [0.4, 0.5) is 13.2 Å². The Labute approximate surface area is 162 Å². The van der Waals surface area contributed by atoms with Crippen molar-refractivity contribution in [1.29, 1.82) is 0 Å². The van der Waals surface area contributed by atoms with Crippen LogP contribution >= 0.6 is 0 Å². The Kier molecular flexibility index (Phi) is 5.62. The predicted molar refractivity (Wildman–Crippen MR) is 92.4 cm³/mol. The maximum absolute atomic E-state index is 14.6. The molecule has 150 valence electrons. The molecule has 3 rings (SSSR count). The van der Waals surface area contributed by atoms with E-state index in [2.05, 4.69) is 20.3 Å². The number of amides is 1. The lowest BCUT2D eigenvalue weighted by Gasteiger charge is -2.14. The molecule has 0 aliphatic carbocycles. The van der Waals surface area contributed by atoms with E-state index in [1.807, 2.05) is 0 Å². The Hall–Kier alpha value is -3.69. The maximum Gasteiger partial charge on any atom is 0.349 e. The number of benzene rings is 2. The third-order valence-electron chi connectivity index (χ3n) is 3.92. The third kappa shape index (κ3) is 4.10. The number of ether oxygens (including phenoxy) is 1. The van der Waals surface area contributed by atoms with Gasteiger partial charge >= 0.3 is 11.9 Å². The van der Waals surface area contributed by atoms with E-state index in [4.69, 9.17) is 4.42 Å². The standard InChI is InChI=1S/C19H14F3N3O4/c1-28-17(27)14(23-15(26)12-9-5-6-10-13(12)20)16-24-25-18(29-16)19(21,22)11-7-3-2-4-8-11/h2-10,14H,1H3,(H,23,26)/t14-/m1/s1. The molecule has 0 bridgehead atoms. The van der Waals surface area contributed by atoms with E-state index in [9.17, 15) is 22.8 Å². The number of aromatic nitrogens is 2. The van der Waals surface area contributed by atoms with Gasteiger partial charge in [0.25, 0.3) is 17.7 Å². The molecule has 0 spiro atoms. The van der Waals surface area contributed by atoms with Gasteiger partial charge in [-0.2, -0.15) is 8.78 Å². The molecule has 0 radical (unpaired) electrons. The van der Waals surface area contributed by atoms with Crippen molar-refractivity contribution >= 4 is 11.9 Å². The van der Waals surface area contributed by atoms with Gasteiger partial charge in [0.15, 0.2) is 0 Å². The monoisotopic (exact) mass is 405 g/mol. The zero-order valence-corrected chi connectivity index (χ0v) is 14.9. The summed E-state index contributed by atoms with van der Waals surface area (Å²) < 4.78 is 52.5. The molecule has 2 aromatic carbocycles. The molecule has 1 heterocycles. The molecule has 0 unspecified atom stereocenters. The molecule has 1 atom stereocenters. The van der Waals surface area contributed by atoms with E-state index in [0.29, 0.717) is 0 Å². The number of halogens is 3. The summed E-state index contributed by atoms with van der Waals surface area (Å²) in [5.74, 6) is -8.24. The Bertz CT molecular complexity index is 1020. The number of hydrogen-bond acceptors (Lipinski definition) is 6. The number of esters is 1. The smallest absolute Gasteiger partial charge is 0.349 e. The van der Waals surface area contributed by atoms with E-state index >= 15 is 0 Å². The second kappa shape index (κ2) is 8.13. The highest BCUT2D eigenvalue weighted by molar-refractivity contribution is 5.97. The number of hydrogen-bond donors (Lipinski definition) is 1. The molecule has 29 heavy (non-hydrogen) atoms. The van der Waals surface area contributed by atoms with Gasteiger partial charge in [-0.3, -0.25) is 4.79 Å². The Morgan fingerprint density at radius 3 is 2.38 bits per heavy atom. The first-order valence-electron chi connectivity index (χ1n) is 8.25. The van der Waals surface area contributed by atoms with E-state index in [1.165, 1.54) is 42.5 Å². The Morgan fingerprint density at radius 1 is 1.07 bits per heavy atom. The van der Waals surface area contributed by atoms with Crippen LogP contribution in [0, 0.1) is 5.82 Å². The molecule has 0 aliphatic heterocycles. The summed E-state index contributed by atoms with van der Waals surface area (Å²) in [6, 6.07) is 10.0. The fourth-order valence-corrected chi connectivity index (χ4v) is 2.44. The minimum atomic E-state index is -3.64. The van der Waals surface area contributed by atoms with Crippen molar-refractivity contribution in [2.75, 3.05) is 7.11 Å². The summed E-state index contributed by atoms with van der Waals surface area (Å²) in [4.78, 5) is 24.3. The molecule has 0 saturated carbocycles. The molecule has 10 heteroatoms. The summed E-state index contributed by atoms with van der Waals surface area (Å²) in [7, 11) is 1.01. The van der Waals surface area contributed by atoms with Gasteiger partial charge in [0.1, 0.15) is 5.82 Å². The van der Waals surface area contributed by atoms with Crippen LogP contribution in [-0.2, 0) is 15.5 Å². The second-order valence-electron chi connectivity index (χ2n) is 5.80. The van der Waals surface area contributed by atoms with Crippen molar-refractivity contribution in [3.63, 3.8) is 0 Å². The van der Waals surface area contributed by atoms with Crippen LogP contribution < -0.4 is 5.32 Å². The van der Waals surface area contributed by atoms with Gasteiger partial charge in [-0.25, -0.2) is 9.18 Å². The summed E-state index contributed by atoms with van der Waals surface area (Å²) in [6.45, 7) is 0. The molecule has 1 aromatic heterocycles. The molecular weight excluding hydrogens is 391 g/mol. The first kappa shape index (κ1) is 20.1. The molecule has 7 nitrogen and oxygen atoms in total. The predicted octanol–water partition coefficient (Wildman–Crippen LogP) is 2.99. The zero-order chi connectivity index (χ0) is 21.0. The highest BCUT2D eigenvalue weighted by Gasteiger charge is 2.42. The number of rotatable bonds is 6. The van der Waals surface area contributed by atoms with Crippen LogP contribution in [0.15, 0.2) is 59.0 Å². The first-order chi connectivity index (χ1) is 13.8. The van der Waals surface area contributed by atoms with Crippen LogP contribution in [0.1, 0.15) is 33.7 Å². The average molecular weight is 405 g/mol. The van der Waals surface area contributed by atoms with Crippen molar-refractivity contribution in [3.05, 3.63) is 83.3 Å². The van der Waals surface area contributed by atoms with Gasteiger partial charge in [0, 0.05) is 5.56 Å². The third-order valence-corrected chi connectivity index (χ3v) is 3.92. The van der Waals surface area contributed by atoms with Crippen LogP contribution in [0.25, 0.3) is 0 Å². The summed E-state index contributed by atoms with van der Waals surface area (Å²) in [5, 5.41) is 8.89. The van der Waals surface area contributed by atoms with Crippen molar-refractivity contribution in [3.8, 4) is 0 Å². The van der Waals surface area contributed by atoms with Gasteiger partial charge in [-0.1, -0.05) is 42.5 Å². The SMILES string of the molecule is COC(=O)[C@H](NC(=O)c1ccccc1F)c1nnc(C(F)(F)c2ccccc2)o1. The largest absolute Gasteiger partial charge is 0.467 e. The lowest BCUT2D eigenvalue weighted by Crippen LogP contribution is -2.35. The molecule has 1 amide bonds. The number of carbonyl (C=O) groups is 2. The zero-order valence-electron chi connectivity index (χ0n) is 14.9. The van der Waals surface area contributed by atoms with Crippen molar-refractivity contribution in [2.24, 2.45) is 0 Å². The fourth-order valence-electron chi connectivity index (χ4n) is 2.44. The van der Waals surface area contributed by atoms with E-state index in [-0.39, 0.29) is 5.56 Å². The van der Waals surface area contributed by atoms with Crippen molar-refractivity contribution in [1.82, 2.24) is 15.5 Å². The van der Waals surface area contributed by atoms with Gasteiger partial charge in [-0.15, -0.1) is 10.2 Å². The first-order valence-corrected chi connectivity index (χ1v) is 8.25. The summed E-state index contributed by atoms with van der Waals surface area (Å²) in [6.07, 6.45) is 0. The minimum absolute atomic E-state index is 0.365. The minimum Gasteiger partial charge on any atom is -0.467 e. The summed E-state index contributed by atoms with van der Waals surface area (Å²) in [5.41, 5.74) is -0.768. The average Bonchev–Trinajstić information content (AvgIpc) is 3.23. The lowest BCUT2D eigenvalue weighted by molar-refractivity contribution is -0.143. The van der Waals surface area contributed by atoms with Gasteiger partial charge in [-0.05, 0) is 12.1 Å². The van der Waals surface area contributed by atoms with E-state index < -0.39 is 47.0 Å². The van der Waals surface area contributed by atoms with Crippen LogP contribution in [0.2, 0.25) is 0 Å². The fraction of sp³-hybridized carbons (Fsp3) is 0.158. The normalized spacial score (nSPS) is 12.3. The van der Waals surface area contributed by atoms with E-state index in [0.717, 1.165) is 13.2 Å². The van der Waals surface area contributed by atoms with Gasteiger partial charge < -0.3 is 14.5 Å². The molecule has 0 fully saturated rings. The highest BCUT2D eigenvalue weighted by Crippen LogP contribution is 2.35. The number of carbonyl (C=O) groups excluding carboxylic acids is 2. The van der Waals surface area contributed by atoms with Crippen molar-refractivity contribution in [2.45, 2.75) is 12.0 Å². The molecule has 0 saturated heterocycles. The van der Waals surface area contributed by atoms with Crippen LogP contribution in [0.5, 0.6) is 0 Å². The van der Waals surface area contributed by atoms with Crippen LogP contribution in [0.3, 0.4) is 0 Å².